The summed E-state index contributed by atoms with van der Waals surface area (Å²) in [5.41, 5.74) is 7.07. The van der Waals surface area contributed by atoms with Crippen molar-refractivity contribution in [3.05, 3.63) is 95.9 Å². The molecule has 0 saturated heterocycles. The van der Waals surface area contributed by atoms with Gasteiger partial charge in [-0.2, -0.15) is 0 Å². The maximum Gasteiger partial charge on any atom is 0.224 e. The number of amides is 2. The fourth-order valence-corrected chi connectivity index (χ4v) is 4.36. The molecule has 0 atom stereocenters. The second-order valence-corrected chi connectivity index (χ2v) is 8.72. The molecule has 0 aliphatic carbocycles. The molecule has 6 nitrogen and oxygen atoms in total. The summed E-state index contributed by atoms with van der Waals surface area (Å²) in [6.45, 7) is 2.60. The van der Waals surface area contributed by atoms with E-state index in [4.69, 9.17) is 4.42 Å². The number of aromatic amines is 1. The summed E-state index contributed by atoms with van der Waals surface area (Å²) < 4.78 is 5.71. The van der Waals surface area contributed by atoms with E-state index in [2.05, 4.69) is 33.8 Å². The van der Waals surface area contributed by atoms with Crippen LogP contribution in [0.1, 0.15) is 23.6 Å². The molecule has 0 unspecified atom stereocenters. The number of fused-ring (bicyclic) bond motifs is 2. The number of furan rings is 1. The van der Waals surface area contributed by atoms with Crippen molar-refractivity contribution >= 4 is 33.7 Å². The maximum absolute atomic E-state index is 12.6. The lowest BCUT2D eigenvalue weighted by atomic mass is 9.99. The number of rotatable bonds is 8. The highest BCUT2D eigenvalue weighted by Gasteiger charge is 2.12. The van der Waals surface area contributed by atoms with Gasteiger partial charge in [-0.25, -0.2) is 0 Å². The van der Waals surface area contributed by atoms with Gasteiger partial charge in [0.05, 0.1) is 12.7 Å². The summed E-state index contributed by atoms with van der Waals surface area (Å²) in [6, 6.07) is 22.3. The third-order valence-corrected chi connectivity index (χ3v) is 6.21. The molecule has 5 aromatic rings. The van der Waals surface area contributed by atoms with Crippen molar-refractivity contribution in [2.75, 3.05) is 6.54 Å². The quantitative estimate of drug-likeness (QED) is 0.297. The Morgan fingerprint density at radius 2 is 1.66 bits per heavy atom. The molecule has 0 aliphatic rings. The monoisotopic (exact) mass is 465 g/mol. The van der Waals surface area contributed by atoms with Crippen molar-refractivity contribution in [3.63, 3.8) is 0 Å². The van der Waals surface area contributed by atoms with Gasteiger partial charge in [0.2, 0.25) is 11.8 Å². The number of aromatic nitrogens is 1. The van der Waals surface area contributed by atoms with Gasteiger partial charge in [-0.3, -0.25) is 9.59 Å². The highest BCUT2D eigenvalue weighted by molar-refractivity contribution is 5.93. The Hall–Kier alpha value is -4.32. The Labute approximate surface area is 203 Å². The zero-order valence-electron chi connectivity index (χ0n) is 19.6. The van der Waals surface area contributed by atoms with Gasteiger partial charge in [0, 0.05) is 42.5 Å². The number of nitrogens with one attached hydrogen (secondary N) is 3. The highest BCUT2D eigenvalue weighted by atomic mass is 16.3. The second-order valence-electron chi connectivity index (χ2n) is 8.72. The van der Waals surface area contributed by atoms with E-state index < -0.39 is 0 Å². The van der Waals surface area contributed by atoms with E-state index in [-0.39, 0.29) is 11.8 Å². The molecule has 2 aromatic heterocycles. The third kappa shape index (κ3) is 5.11. The number of carbonyl (C=O) groups excluding carboxylic acids is 2. The minimum Gasteiger partial charge on any atom is -0.464 e. The molecule has 0 spiro atoms. The van der Waals surface area contributed by atoms with Crippen molar-refractivity contribution in [3.8, 4) is 11.1 Å². The van der Waals surface area contributed by atoms with Gasteiger partial charge in [0.15, 0.2) is 0 Å². The fraction of sp³-hybridized carbons (Fsp3) is 0.172. The first-order valence-corrected chi connectivity index (χ1v) is 11.7. The number of hydrogen-bond donors (Lipinski definition) is 3. The Morgan fingerprint density at radius 3 is 2.46 bits per heavy atom. The third-order valence-electron chi connectivity index (χ3n) is 6.21. The number of hydrogen-bond acceptors (Lipinski definition) is 3. The summed E-state index contributed by atoms with van der Waals surface area (Å²) in [6.07, 6.45) is 4.69. The zero-order valence-corrected chi connectivity index (χ0v) is 19.6. The molecule has 0 fully saturated rings. The van der Waals surface area contributed by atoms with Crippen LogP contribution in [0.4, 0.5) is 0 Å². The molecule has 2 amide bonds. The second kappa shape index (κ2) is 9.89. The predicted octanol–water partition coefficient (Wildman–Crippen LogP) is 5.12. The Balaban J connectivity index is 1.36. The molecule has 3 N–H and O–H groups in total. The van der Waals surface area contributed by atoms with Gasteiger partial charge in [-0.1, -0.05) is 42.5 Å². The molecular formula is C29H27N3O3. The van der Waals surface area contributed by atoms with Crippen molar-refractivity contribution in [1.82, 2.24) is 15.6 Å². The molecule has 0 aliphatic heterocycles. The normalized spacial score (nSPS) is 11.1. The van der Waals surface area contributed by atoms with Crippen LogP contribution >= 0.6 is 0 Å². The molecule has 0 saturated carbocycles. The van der Waals surface area contributed by atoms with E-state index in [9.17, 15) is 9.59 Å². The van der Waals surface area contributed by atoms with Gasteiger partial charge >= 0.3 is 0 Å². The van der Waals surface area contributed by atoms with Gasteiger partial charge < -0.3 is 20.0 Å². The SMILES string of the molecule is CC(=O)NCCc1coc2ccc(-c3ccc4[nH]cc(CC(=O)NCc5ccccc5)c4c3)cc12. The minimum atomic E-state index is -0.0390. The maximum atomic E-state index is 12.6. The van der Waals surface area contributed by atoms with E-state index >= 15 is 0 Å². The Kier molecular flexibility index (Phi) is 6.35. The lowest BCUT2D eigenvalue weighted by Gasteiger charge is -2.07. The average Bonchev–Trinajstić information content (AvgIpc) is 3.46. The summed E-state index contributed by atoms with van der Waals surface area (Å²) >= 11 is 0. The Bertz CT molecular complexity index is 1500. The number of H-pyrrole nitrogens is 1. The molecule has 2 heterocycles. The van der Waals surface area contributed by atoms with Crippen LogP contribution < -0.4 is 10.6 Å². The van der Waals surface area contributed by atoms with Crippen LogP contribution in [0.3, 0.4) is 0 Å². The number of carbonyl (C=O) groups is 2. The molecule has 176 valence electrons. The minimum absolute atomic E-state index is 0.0104. The molecule has 0 bridgehead atoms. The lowest BCUT2D eigenvalue weighted by molar-refractivity contribution is -0.120. The van der Waals surface area contributed by atoms with Crippen molar-refractivity contribution in [2.24, 2.45) is 0 Å². The molecule has 6 heteroatoms. The van der Waals surface area contributed by atoms with Crippen LogP contribution in [0.25, 0.3) is 33.0 Å². The summed E-state index contributed by atoms with van der Waals surface area (Å²) in [4.78, 5) is 27.1. The van der Waals surface area contributed by atoms with E-state index in [1.54, 1.807) is 6.26 Å². The van der Waals surface area contributed by atoms with E-state index in [0.717, 1.165) is 49.7 Å². The molecular weight excluding hydrogens is 438 g/mol. The first-order valence-electron chi connectivity index (χ1n) is 11.7. The van der Waals surface area contributed by atoms with Crippen LogP contribution in [0.15, 0.2) is 83.6 Å². The summed E-state index contributed by atoms with van der Waals surface area (Å²) in [5, 5.41) is 7.92. The van der Waals surface area contributed by atoms with E-state index in [1.165, 1.54) is 6.92 Å². The molecule has 0 radical (unpaired) electrons. The standard InChI is InChI=1S/C29H27N3O3/c1-19(33)30-12-11-23-18-35-28-10-8-22(14-26(23)28)21-7-9-27-25(13-21)24(17-31-27)15-29(34)32-16-20-5-3-2-4-6-20/h2-10,13-14,17-18,31H,11-12,15-16H2,1H3,(H,30,33)(H,32,34). The number of benzene rings is 3. The average molecular weight is 466 g/mol. The molecule has 5 rings (SSSR count). The van der Waals surface area contributed by atoms with Crippen LogP contribution in [-0.4, -0.2) is 23.3 Å². The highest BCUT2D eigenvalue weighted by Crippen LogP contribution is 2.31. The molecule has 35 heavy (non-hydrogen) atoms. The van der Waals surface area contributed by atoms with Crippen molar-refractivity contribution in [2.45, 2.75) is 26.3 Å². The van der Waals surface area contributed by atoms with E-state index in [1.807, 2.05) is 54.7 Å². The fourth-order valence-electron chi connectivity index (χ4n) is 4.36. The van der Waals surface area contributed by atoms with Crippen molar-refractivity contribution < 1.29 is 14.0 Å². The first kappa shape index (κ1) is 22.5. The summed E-state index contributed by atoms with van der Waals surface area (Å²) in [7, 11) is 0. The van der Waals surface area contributed by atoms with Gasteiger partial charge in [0.1, 0.15) is 5.58 Å². The van der Waals surface area contributed by atoms with Crippen LogP contribution in [0.5, 0.6) is 0 Å². The smallest absolute Gasteiger partial charge is 0.224 e. The van der Waals surface area contributed by atoms with Crippen molar-refractivity contribution in [1.29, 1.82) is 0 Å². The zero-order chi connectivity index (χ0) is 24.2. The van der Waals surface area contributed by atoms with Gasteiger partial charge in [0.25, 0.3) is 0 Å². The Morgan fingerprint density at radius 1 is 0.886 bits per heavy atom. The summed E-state index contributed by atoms with van der Waals surface area (Å²) in [5.74, 6) is -0.0494. The predicted molar refractivity (Wildman–Crippen MR) is 138 cm³/mol. The largest absolute Gasteiger partial charge is 0.464 e. The van der Waals surface area contributed by atoms with E-state index in [0.29, 0.717) is 25.9 Å². The van der Waals surface area contributed by atoms with Crippen LogP contribution in [0, 0.1) is 0 Å². The first-order chi connectivity index (χ1) is 17.1. The topological polar surface area (TPSA) is 87.1 Å². The van der Waals surface area contributed by atoms with Gasteiger partial charge in [-0.15, -0.1) is 0 Å². The van der Waals surface area contributed by atoms with Crippen LogP contribution in [0.2, 0.25) is 0 Å². The van der Waals surface area contributed by atoms with Crippen LogP contribution in [-0.2, 0) is 29.0 Å². The molecule has 3 aromatic carbocycles. The van der Waals surface area contributed by atoms with Gasteiger partial charge in [-0.05, 0) is 58.5 Å². The lowest BCUT2D eigenvalue weighted by Crippen LogP contribution is -2.24.